The minimum atomic E-state index is 0. The number of aliphatic hydroxyl groups excluding tert-OH is 1. The standard InChI is InChI=1S/C6H10O.Ca.2H/c1-2-3-4-5-6-7;;;/h2-5,7H,6H2,1H3;;;/q;+2;2*-1/b3-2+,5-4+;;;. The van der Waals surface area contributed by atoms with Crippen molar-refractivity contribution in [1.82, 2.24) is 0 Å². The van der Waals surface area contributed by atoms with Gasteiger partial charge in [-0.2, -0.15) is 0 Å². The Kier molecular flexibility index (Phi) is 15.3. The van der Waals surface area contributed by atoms with Crippen LogP contribution in [0.2, 0.25) is 0 Å². The maximum absolute atomic E-state index is 8.17. The summed E-state index contributed by atoms with van der Waals surface area (Å²) in [5, 5.41) is 8.17. The Bertz CT molecular complexity index is 83.8. The quantitative estimate of drug-likeness (QED) is 0.447. The molecule has 2 heteroatoms. The average Bonchev–Trinajstić information content (AvgIpc) is 1.69. The molecule has 8 heavy (non-hydrogen) atoms. The molecule has 44 valence electrons. The Balaban J connectivity index is -0.0000000600. The summed E-state index contributed by atoms with van der Waals surface area (Å²) in [7, 11) is 0. The van der Waals surface area contributed by atoms with E-state index in [4.69, 9.17) is 5.11 Å². The number of aliphatic hydroxyl groups is 1. The fraction of sp³-hybridized carbons (Fsp3) is 0.333. The number of allylic oxidation sites excluding steroid dienone is 3. The molecule has 0 spiro atoms. The molecule has 1 N–H and O–H groups in total. The first-order chi connectivity index (χ1) is 3.41. The number of hydrogen-bond acceptors (Lipinski definition) is 1. The summed E-state index contributed by atoms with van der Waals surface area (Å²) >= 11 is 0. The first kappa shape index (κ1) is 11.5. The second-order valence-corrected chi connectivity index (χ2v) is 1.14. The third-order valence-electron chi connectivity index (χ3n) is 0.545. The van der Waals surface area contributed by atoms with Crippen molar-refractivity contribution in [3.8, 4) is 0 Å². The SMILES string of the molecule is C/C=C/C=C/CO.[Ca+2].[H-].[H-]. The Hall–Kier alpha value is 0.700. The summed E-state index contributed by atoms with van der Waals surface area (Å²) in [6, 6.07) is 0. The summed E-state index contributed by atoms with van der Waals surface area (Å²) < 4.78 is 0. The van der Waals surface area contributed by atoms with E-state index in [1.54, 1.807) is 12.2 Å². The van der Waals surface area contributed by atoms with Gasteiger partial charge in [0.05, 0.1) is 6.61 Å². The predicted molar refractivity (Wildman–Crippen MR) is 39.0 cm³/mol. The molecule has 0 aliphatic carbocycles. The molecule has 0 amide bonds. The van der Waals surface area contributed by atoms with Crippen LogP contribution in [0.1, 0.15) is 9.78 Å². The zero-order valence-electron chi connectivity index (χ0n) is 7.17. The van der Waals surface area contributed by atoms with Gasteiger partial charge in [0.2, 0.25) is 0 Å². The van der Waals surface area contributed by atoms with Crippen LogP contribution in [0.5, 0.6) is 0 Å². The van der Waals surface area contributed by atoms with E-state index in [0.29, 0.717) is 0 Å². The van der Waals surface area contributed by atoms with Crippen LogP contribution in [0.4, 0.5) is 0 Å². The Labute approximate surface area is 83.1 Å². The minimum Gasteiger partial charge on any atom is -1.00 e. The van der Waals surface area contributed by atoms with Gasteiger partial charge in [0.15, 0.2) is 0 Å². The number of hydrogen-bond donors (Lipinski definition) is 1. The van der Waals surface area contributed by atoms with Gasteiger partial charge in [0.25, 0.3) is 0 Å². The molecule has 0 aromatic carbocycles. The molecule has 0 bridgehead atoms. The molecule has 0 aromatic rings. The van der Waals surface area contributed by atoms with Gasteiger partial charge in [-0.05, 0) is 6.92 Å². The largest absolute Gasteiger partial charge is 2.00 e. The van der Waals surface area contributed by atoms with Crippen molar-refractivity contribution in [1.29, 1.82) is 0 Å². The van der Waals surface area contributed by atoms with Gasteiger partial charge in [-0.15, -0.1) is 0 Å². The monoisotopic (exact) mass is 140 g/mol. The average molecular weight is 140 g/mol. The molecule has 0 aliphatic heterocycles. The molecule has 0 rings (SSSR count). The molecule has 0 heterocycles. The topological polar surface area (TPSA) is 20.2 Å². The van der Waals surface area contributed by atoms with Crippen LogP contribution in [0.25, 0.3) is 0 Å². The summed E-state index contributed by atoms with van der Waals surface area (Å²) in [5.74, 6) is 0. The Morgan fingerprint density at radius 2 is 2.12 bits per heavy atom. The molecule has 1 nitrogen and oxygen atoms in total. The zero-order chi connectivity index (χ0) is 5.54. The first-order valence-corrected chi connectivity index (χ1v) is 2.30. The second-order valence-electron chi connectivity index (χ2n) is 1.14. The number of rotatable bonds is 2. The normalized spacial score (nSPS) is 10.2. The zero-order valence-corrected chi connectivity index (χ0v) is 7.38. The summed E-state index contributed by atoms with van der Waals surface area (Å²) in [6.07, 6.45) is 7.27. The minimum absolute atomic E-state index is 0. The van der Waals surface area contributed by atoms with E-state index in [-0.39, 0.29) is 47.2 Å². The van der Waals surface area contributed by atoms with Gasteiger partial charge in [-0.1, -0.05) is 24.3 Å². The van der Waals surface area contributed by atoms with Crippen LogP contribution in [0, 0.1) is 0 Å². The van der Waals surface area contributed by atoms with Crippen molar-refractivity contribution in [3.05, 3.63) is 24.3 Å². The Morgan fingerprint density at radius 3 is 2.50 bits per heavy atom. The molecule has 0 aromatic heterocycles. The van der Waals surface area contributed by atoms with E-state index < -0.39 is 0 Å². The fourth-order valence-electron chi connectivity index (χ4n) is 0.251. The van der Waals surface area contributed by atoms with Crippen molar-refractivity contribution >= 4 is 37.7 Å². The van der Waals surface area contributed by atoms with Gasteiger partial charge in [0.1, 0.15) is 0 Å². The van der Waals surface area contributed by atoms with Crippen LogP contribution < -0.4 is 0 Å². The second kappa shape index (κ2) is 10.6. The summed E-state index contributed by atoms with van der Waals surface area (Å²) in [4.78, 5) is 0. The molecule has 0 unspecified atom stereocenters. The van der Waals surface area contributed by atoms with Crippen molar-refractivity contribution in [2.24, 2.45) is 0 Å². The van der Waals surface area contributed by atoms with Gasteiger partial charge >= 0.3 is 37.7 Å². The predicted octanol–water partition coefficient (Wildman–Crippen LogP) is 0.955. The third kappa shape index (κ3) is 9.85. The van der Waals surface area contributed by atoms with Gasteiger partial charge in [-0.3, -0.25) is 0 Å². The molecule has 0 saturated heterocycles. The summed E-state index contributed by atoms with van der Waals surface area (Å²) in [5.41, 5.74) is 0. The molecule has 0 aliphatic rings. The van der Waals surface area contributed by atoms with Gasteiger partial charge in [0, 0.05) is 0 Å². The van der Waals surface area contributed by atoms with E-state index >= 15 is 0 Å². The van der Waals surface area contributed by atoms with E-state index in [1.165, 1.54) is 0 Å². The molecule has 0 fully saturated rings. The smallest absolute Gasteiger partial charge is 1.00 e. The molecule has 0 radical (unpaired) electrons. The van der Waals surface area contributed by atoms with Crippen molar-refractivity contribution in [2.45, 2.75) is 6.92 Å². The van der Waals surface area contributed by atoms with Crippen LogP contribution in [0.3, 0.4) is 0 Å². The third-order valence-corrected chi connectivity index (χ3v) is 0.545. The molecular weight excluding hydrogens is 128 g/mol. The van der Waals surface area contributed by atoms with E-state index in [0.717, 1.165) is 0 Å². The van der Waals surface area contributed by atoms with Crippen LogP contribution in [0.15, 0.2) is 24.3 Å². The van der Waals surface area contributed by atoms with Crippen molar-refractivity contribution in [2.75, 3.05) is 6.61 Å². The van der Waals surface area contributed by atoms with Crippen LogP contribution in [-0.4, -0.2) is 49.5 Å². The molecule has 0 atom stereocenters. The first-order valence-electron chi connectivity index (χ1n) is 2.30. The van der Waals surface area contributed by atoms with E-state index in [9.17, 15) is 0 Å². The van der Waals surface area contributed by atoms with Gasteiger partial charge in [-0.25, -0.2) is 0 Å². The summed E-state index contributed by atoms with van der Waals surface area (Å²) in [6.45, 7) is 2.06. The van der Waals surface area contributed by atoms with Crippen molar-refractivity contribution < 1.29 is 7.96 Å². The maximum Gasteiger partial charge on any atom is 2.00 e. The van der Waals surface area contributed by atoms with E-state index in [1.807, 2.05) is 19.1 Å². The van der Waals surface area contributed by atoms with Crippen LogP contribution >= 0.6 is 0 Å². The fourth-order valence-corrected chi connectivity index (χ4v) is 0.251. The van der Waals surface area contributed by atoms with Gasteiger partial charge < -0.3 is 7.96 Å². The van der Waals surface area contributed by atoms with Crippen molar-refractivity contribution in [3.63, 3.8) is 0 Å². The molecular formula is C6H12CaO. The molecule has 0 saturated carbocycles. The van der Waals surface area contributed by atoms with Crippen LogP contribution in [-0.2, 0) is 0 Å². The van der Waals surface area contributed by atoms with E-state index in [2.05, 4.69) is 0 Å². The Morgan fingerprint density at radius 1 is 1.50 bits per heavy atom. The maximum atomic E-state index is 8.17.